The van der Waals surface area contributed by atoms with E-state index in [1.807, 2.05) is 18.2 Å². The molecule has 0 radical (unpaired) electrons. The number of H-pyrrole nitrogens is 1. The Morgan fingerprint density at radius 2 is 1.95 bits per heavy atom. The summed E-state index contributed by atoms with van der Waals surface area (Å²) in [7, 11) is 0. The first-order valence-corrected chi connectivity index (χ1v) is 6.24. The Morgan fingerprint density at radius 1 is 1.15 bits per heavy atom. The van der Waals surface area contributed by atoms with Crippen molar-refractivity contribution < 1.29 is 4.52 Å². The van der Waals surface area contributed by atoms with Crippen LogP contribution in [0.4, 0.5) is 5.88 Å². The number of pyridine rings is 1. The van der Waals surface area contributed by atoms with Crippen LogP contribution < -0.4 is 11.3 Å². The highest BCUT2D eigenvalue weighted by atomic mass is 35.5. The predicted molar refractivity (Wildman–Crippen MR) is 77.4 cm³/mol. The van der Waals surface area contributed by atoms with Crippen LogP contribution in [-0.2, 0) is 0 Å². The van der Waals surface area contributed by atoms with Crippen LogP contribution in [0.2, 0.25) is 5.02 Å². The lowest BCUT2D eigenvalue weighted by molar-refractivity contribution is 0.439. The molecule has 0 fully saturated rings. The summed E-state index contributed by atoms with van der Waals surface area (Å²) < 4.78 is 5.05. The SMILES string of the molecule is Nc1onc(-c2cccc(=O)[nH]2)c1-c1ccccc1Cl. The van der Waals surface area contributed by atoms with E-state index in [4.69, 9.17) is 21.9 Å². The van der Waals surface area contributed by atoms with E-state index in [1.165, 1.54) is 6.07 Å². The van der Waals surface area contributed by atoms with Gasteiger partial charge in [-0.1, -0.05) is 41.0 Å². The first-order valence-electron chi connectivity index (χ1n) is 5.86. The standard InChI is InChI=1S/C14H10ClN3O2/c15-9-5-2-1-4-8(9)12-13(18-20-14(12)16)10-6-3-7-11(19)17-10/h1-7H,16H2,(H,17,19). The summed E-state index contributed by atoms with van der Waals surface area (Å²) >= 11 is 6.18. The van der Waals surface area contributed by atoms with E-state index in [1.54, 1.807) is 18.2 Å². The molecule has 1 aromatic carbocycles. The van der Waals surface area contributed by atoms with E-state index in [0.29, 0.717) is 27.5 Å². The molecule has 0 aliphatic rings. The number of nitrogens with zero attached hydrogens (tertiary/aromatic N) is 1. The molecule has 0 unspecified atom stereocenters. The third kappa shape index (κ3) is 2.08. The van der Waals surface area contributed by atoms with Gasteiger partial charge in [-0.2, -0.15) is 0 Å². The van der Waals surface area contributed by atoms with Gasteiger partial charge >= 0.3 is 0 Å². The average molecular weight is 288 g/mol. The van der Waals surface area contributed by atoms with E-state index < -0.39 is 0 Å². The van der Waals surface area contributed by atoms with Crippen molar-refractivity contribution in [3.63, 3.8) is 0 Å². The van der Waals surface area contributed by atoms with Crippen molar-refractivity contribution in [1.29, 1.82) is 0 Å². The van der Waals surface area contributed by atoms with Gasteiger partial charge < -0.3 is 15.2 Å². The fourth-order valence-corrected chi connectivity index (χ4v) is 2.23. The van der Waals surface area contributed by atoms with Crippen LogP contribution in [0.5, 0.6) is 0 Å². The highest BCUT2D eigenvalue weighted by Crippen LogP contribution is 2.38. The Hall–Kier alpha value is -2.53. The molecule has 6 heteroatoms. The minimum absolute atomic E-state index is 0.151. The van der Waals surface area contributed by atoms with Gasteiger partial charge in [0.25, 0.3) is 0 Å². The number of anilines is 1. The average Bonchev–Trinajstić information content (AvgIpc) is 2.81. The third-order valence-corrected chi connectivity index (χ3v) is 3.21. The quantitative estimate of drug-likeness (QED) is 0.759. The van der Waals surface area contributed by atoms with Crippen LogP contribution in [0.3, 0.4) is 0 Å². The molecule has 0 aliphatic heterocycles. The molecule has 0 amide bonds. The Kier molecular flexibility index (Phi) is 3.04. The number of nitrogens with two attached hydrogens (primary N) is 1. The molecule has 3 N–H and O–H groups in total. The van der Waals surface area contributed by atoms with Crippen LogP contribution in [0, 0.1) is 0 Å². The fraction of sp³-hybridized carbons (Fsp3) is 0. The molecule has 3 aromatic rings. The van der Waals surface area contributed by atoms with Gasteiger partial charge in [-0.25, -0.2) is 0 Å². The molecule has 3 rings (SSSR count). The second kappa shape index (κ2) is 4.86. The maximum Gasteiger partial charge on any atom is 0.248 e. The van der Waals surface area contributed by atoms with Gasteiger partial charge in [0, 0.05) is 16.7 Å². The number of hydrogen-bond donors (Lipinski definition) is 2. The lowest BCUT2D eigenvalue weighted by Crippen LogP contribution is -2.04. The van der Waals surface area contributed by atoms with Gasteiger partial charge in [-0.15, -0.1) is 0 Å². The molecule has 2 aromatic heterocycles. The second-order valence-electron chi connectivity index (χ2n) is 4.18. The second-order valence-corrected chi connectivity index (χ2v) is 4.59. The molecular formula is C14H10ClN3O2. The van der Waals surface area contributed by atoms with Crippen molar-refractivity contribution in [3.05, 3.63) is 57.8 Å². The molecule has 0 aliphatic carbocycles. The summed E-state index contributed by atoms with van der Waals surface area (Å²) in [6, 6.07) is 12.0. The number of rotatable bonds is 2. The van der Waals surface area contributed by atoms with Crippen LogP contribution in [0.1, 0.15) is 0 Å². The molecule has 5 nitrogen and oxygen atoms in total. The number of nitrogens with one attached hydrogen (secondary N) is 1. The van der Waals surface area contributed by atoms with E-state index in [2.05, 4.69) is 10.1 Å². The molecule has 0 saturated heterocycles. The van der Waals surface area contributed by atoms with E-state index in [9.17, 15) is 4.79 Å². The van der Waals surface area contributed by atoms with Gasteiger partial charge in [0.05, 0.1) is 11.3 Å². The Labute approximate surface area is 119 Å². The zero-order valence-electron chi connectivity index (χ0n) is 10.3. The Balaban J connectivity index is 2.26. The van der Waals surface area contributed by atoms with Crippen LogP contribution in [-0.4, -0.2) is 10.1 Å². The van der Waals surface area contributed by atoms with Gasteiger partial charge in [0.2, 0.25) is 11.4 Å². The molecule has 20 heavy (non-hydrogen) atoms. The van der Waals surface area contributed by atoms with E-state index in [0.717, 1.165) is 0 Å². The lowest BCUT2D eigenvalue weighted by Gasteiger charge is -2.04. The monoisotopic (exact) mass is 287 g/mol. The molecule has 0 spiro atoms. The number of aromatic nitrogens is 2. The van der Waals surface area contributed by atoms with Crippen molar-refractivity contribution in [2.24, 2.45) is 0 Å². The fourth-order valence-electron chi connectivity index (χ4n) is 2.00. The van der Waals surface area contributed by atoms with Crippen LogP contribution in [0.15, 0.2) is 51.8 Å². The highest BCUT2D eigenvalue weighted by molar-refractivity contribution is 6.33. The number of halogens is 1. The van der Waals surface area contributed by atoms with E-state index in [-0.39, 0.29) is 11.4 Å². The molecule has 100 valence electrons. The Morgan fingerprint density at radius 3 is 2.70 bits per heavy atom. The summed E-state index contributed by atoms with van der Waals surface area (Å²) in [6.45, 7) is 0. The smallest absolute Gasteiger partial charge is 0.248 e. The first kappa shape index (κ1) is 12.5. The van der Waals surface area contributed by atoms with Crippen molar-refractivity contribution in [3.8, 4) is 22.5 Å². The van der Waals surface area contributed by atoms with Gasteiger partial charge in [0.15, 0.2) is 0 Å². The number of aromatic amines is 1. The predicted octanol–water partition coefficient (Wildman–Crippen LogP) is 2.93. The number of hydrogen-bond acceptors (Lipinski definition) is 4. The van der Waals surface area contributed by atoms with Crippen molar-refractivity contribution in [1.82, 2.24) is 10.1 Å². The largest absolute Gasteiger partial charge is 0.367 e. The summed E-state index contributed by atoms with van der Waals surface area (Å²) in [6.07, 6.45) is 0. The summed E-state index contributed by atoms with van der Waals surface area (Å²) in [5, 5.41) is 4.45. The molecule has 0 atom stereocenters. The molecule has 0 saturated carbocycles. The summed E-state index contributed by atoms with van der Waals surface area (Å²) in [5.41, 5.74) is 7.85. The van der Waals surface area contributed by atoms with Crippen molar-refractivity contribution in [2.75, 3.05) is 5.73 Å². The highest BCUT2D eigenvalue weighted by Gasteiger charge is 2.19. The van der Waals surface area contributed by atoms with Crippen molar-refractivity contribution in [2.45, 2.75) is 0 Å². The zero-order chi connectivity index (χ0) is 14.1. The minimum Gasteiger partial charge on any atom is -0.367 e. The first-order chi connectivity index (χ1) is 9.66. The Bertz CT molecular complexity index is 823. The lowest BCUT2D eigenvalue weighted by atomic mass is 10.0. The maximum absolute atomic E-state index is 11.4. The number of benzene rings is 1. The van der Waals surface area contributed by atoms with E-state index >= 15 is 0 Å². The van der Waals surface area contributed by atoms with Gasteiger partial charge in [-0.05, 0) is 12.1 Å². The topological polar surface area (TPSA) is 84.9 Å². The zero-order valence-corrected chi connectivity index (χ0v) is 11.0. The molecule has 0 bridgehead atoms. The molecular weight excluding hydrogens is 278 g/mol. The summed E-state index contributed by atoms with van der Waals surface area (Å²) in [5.74, 6) is 0.151. The normalized spacial score (nSPS) is 10.7. The van der Waals surface area contributed by atoms with Crippen LogP contribution in [0.25, 0.3) is 22.5 Å². The minimum atomic E-state index is -0.228. The maximum atomic E-state index is 11.4. The van der Waals surface area contributed by atoms with Crippen molar-refractivity contribution >= 4 is 17.5 Å². The summed E-state index contributed by atoms with van der Waals surface area (Å²) in [4.78, 5) is 14.1. The number of nitrogen functional groups attached to an aromatic ring is 1. The molecule has 2 heterocycles. The third-order valence-electron chi connectivity index (χ3n) is 2.89. The van der Waals surface area contributed by atoms with Gasteiger partial charge in [-0.3, -0.25) is 4.79 Å². The van der Waals surface area contributed by atoms with Gasteiger partial charge in [0.1, 0.15) is 5.69 Å². The van der Waals surface area contributed by atoms with Crippen LogP contribution >= 0.6 is 11.6 Å².